The molecule has 58 heavy (non-hydrogen) atoms. The quantitative estimate of drug-likeness (QED) is 0.214. The SMILES string of the molecule is CN(C)c1cc(-c2ncc3c(n2)N(C(=O)Nc2ccccn2)[C@H]2CCN3C2)ccn1.CN(C)c1cc(-c2ncc3c(n2)N[C@H]2CCN3C2)ccn1.Nc1ccccn1. The third-order valence-corrected chi connectivity index (χ3v) is 10.2. The summed E-state index contributed by atoms with van der Waals surface area (Å²) in [5.74, 6) is 5.72. The van der Waals surface area contributed by atoms with E-state index in [-0.39, 0.29) is 12.1 Å². The fourth-order valence-corrected chi connectivity index (χ4v) is 7.24. The molecule has 0 aliphatic carbocycles. The Labute approximate surface area is 337 Å². The number of aromatic nitrogens is 8. The summed E-state index contributed by atoms with van der Waals surface area (Å²) in [6.07, 6.45) is 12.7. The predicted molar refractivity (Wildman–Crippen MR) is 228 cm³/mol. The molecule has 4 aliphatic rings. The Kier molecular flexibility index (Phi) is 10.7. The second-order valence-corrected chi connectivity index (χ2v) is 14.7. The summed E-state index contributed by atoms with van der Waals surface area (Å²) >= 11 is 0. The number of fused-ring (bicyclic) bond motifs is 8. The van der Waals surface area contributed by atoms with Gasteiger partial charge in [0.05, 0.1) is 29.8 Å². The minimum absolute atomic E-state index is 0.0683. The van der Waals surface area contributed by atoms with Crippen LogP contribution in [0.5, 0.6) is 0 Å². The van der Waals surface area contributed by atoms with Gasteiger partial charge in [0.15, 0.2) is 23.3 Å². The number of rotatable bonds is 5. The number of carbonyl (C=O) groups excluding carboxylic acids is 1. The molecule has 6 aromatic heterocycles. The first-order valence-corrected chi connectivity index (χ1v) is 19.2. The van der Waals surface area contributed by atoms with Gasteiger partial charge in [0, 0.05) is 96.3 Å². The molecule has 2 fully saturated rings. The summed E-state index contributed by atoms with van der Waals surface area (Å²) in [6, 6.07) is 19.0. The van der Waals surface area contributed by atoms with Crippen molar-refractivity contribution in [1.82, 2.24) is 39.9 Å². The number of nitrogen functional groups attached to an aromatic ring is 1. The van der Waals surface area contributed by atoms with Crippen LogP contribution in [0, 0.1) is 0 Å². The average Bonchev–Trinajstić information content (AvgIpc) is 3.85. The normalized spacial score (nSPS) is 16.7. The van der Waals surface area contributed by atoms with Gasteiger partial charge < -0.3 is 30.7 Å². The molecule has 2 atom stereocenters. The molecule has 0 radical (unpaired) electrons. The van der Waals surface area contributed by atoms with Crippen LogP contribution in [0.3, 0.4) is 0 Å². The van der Waals surface area contributed by atoms with Crippen molar-refractivity contribution < 1.29 is 4.79 Å². The van der Waals surface area contributed by atoms with Gasteiger partial charge in [-0.2, -0.15) is 0 Å². The molecule has 4 aliphatic heterocycles. The minimum Gasteiger partial charge on any atom is -0.384 e. The van der Waals surface area contributed by atoms with E-state index in [9.17, 15) is 4.79 Å². The number of amides is 2. The molecule has 4 N–H and O–H groups in total. The van der Waals surface area contributed by atoms with Gasteiger partial charge in [0.1, 0.15) is 23.3 Å². The third-order valence-electron chi connectivity index (χ3n) is 10.2. The van der Waals surface area contributed by atoms with Crippen molar-refractivity contribution in [3.05, 3.63) is 97.8 Å². The fraction of sp³-hybridized carbons (Fsp3) is 0.293. The van der Waals surface area contributed by atoms with Crippen LogP contribution in [0.2, 0.25) is 0 Å². The van der Waals surface area contributed by atoms with E-state index in [4.69, 9.17) is 15.7 Å². The van der Waals surface area contributed by atoms with E-state index in [1.165, 1.54) is 6.42 Å². The van der Waals surface area contributed by atoms with E-state index >= 15 is 0 Å². The van der Waals surface area contributed by atoms with Crippen LogP contribution >= 0.6 is 0 Å². The minimum atomic E-state index is -0.227. The Morgan fingerprint density at radius 2 is 1.36 bits per heavy atom. The van der Waals surface area contributed by atoms with Gasteiger partial charge in [0.2, 0.25) is 0 Å². The van der Waals surface area contributed by atoms with Crippen LogP contribution < -0.4 is 40.9 Å². The van der Waals surface area contributed by atoms with Gasteiger partial charge in [-0.1, -0.05) is 12.1 Å². The first-order valence-electron chi connectivity index (χ1n) is 19.2. The first-order chi connectivity index (χ1) is 28.2. The summed E-state index contributed by atoms with van der Waals surface area (Å²) in [6.45, 7) is 3.82. The maximum Gasteiger partial charge on any atom is 0.329 e. The van der Waals surface area contributed by atoms with Gasteiger partial charge in [-0.25, -0.2) is 44.7 Å². The molecule has 2 saturated heterocycles. The van der Waals surface area contributed by atoms with Crippen molar-refractivity contribution in [2.75, 3.05) is 95.2 Å². The molecular formula is C41H46N16O. The van der Waals surface area contributed by atoms with Crippen molar-refractivity contribution in [3.63, 3.8) is 0 Å². The molecular weight excluding hydrogens is 733 g/mol. The molecule has 6 aromatic rings. The van der Waals surface area contributed by atoms with Gasteiger partial charge >= 0.3 is 6.03 Å². The maximum absolute atomic E-state index is 13.2. The zero-order valence-electron chi connectivity index (χ0n) is 32.9. The highest BCUT2D eigenvalue weighted by atomic mass is 16.2. The number of anilines is 8. The number of pyridine rings is 4. The van der Waals surface area contributed by atoms with E-state index in [1.807, 2.05) is 98.9 Å². The largest absolute Gasteiger partial charge is 0.384 e. The Balaban J connectivity index is 0.000000144. The smallest absolute Gasteiger partial charge is 0.329 e. The molecule has 0 unspecified atom stereocenters. The molecule has 10 rings (SSSR count). The number of nitrogens with zero attached hydrogens (tertiary/aromatic N) is 13. The second-order valence-electron chi connectivity index (χ2n) is 14.7. The average molecular weight is 779 g/mol. The first kappa shape index (κ1) is 37.7. The van der Waals surface area contributed by atoms with E-state index in [0.29, 0.717) is 29.3 Å². The van der Waals surface area contributed by atoms with Crippen LogP contribution in [0.1, 0.15) is 12.8 Å². The fourth-order valence-electron chi connectivity index (χ4n) is 7.24. The van der Waals surface area contributed by atoms with E-state index in [0.717, 1.165) is 78.4 Å². The van der Waals surface area contributed by atoms with Crippen LogP contribution in [0.4, 0.5) is 51.1 Å². The van der Waals surface area contributed by atoms with Gasteiger partial charge in [-0.15, -0.1) is 0 Å². The van der Waals surface area contributed by atoms with Crippen molar-refractivity contribution in [2.24, 2.45) is 0 Å². The molecule has 17 heteroatoms. The lowest BCUT2D eigenvalue weighted by molar-refractivity contribution is 0.254. The number of hydrogen-bond acceptors (Lipinski definition) is 15. The Bertz CT molecular complexity index is 2360. The molecule has 0 saturated carbocycles. The summed E-state index contributed by atoms with van der Waals surface area (Å²) in [5, 5.41) is 6.42. The molecule has 0 spiro atoms. The van der Waals surface area contributed by atoms with Crippen molar-refractivity contribution in [2.45, 2.75) is 24.9 Å². The van der Waals surface area contributed by atoms with Gasteiger partial charge in [0.25, 0.3) is 0 Å². The Morgan fingerprint density at radius 3 is 1.98 bits per heavy atom. The number of urea groups is 1. The zero-order valence-corrected chi connectivity index (χ0v) is 32.9. The second kappa shape index (κ2) is 16.5. The van der Waals surface area contributed by atoms with E-state index in [1.54, 1.807) is 41.8 Å². The molecule has 2 amide bonds. The third kappa shape index (κ3) is 8.18. The topological polar surface area (TPSA) is 186 Å². The summed E-state index contributed by atoms with van der Waals surface area (Å²) < 4.78 is 0. The van der Waals surface area contributed by atoms with E-state index in [2.05, 4.69) is 50.3 Å². The highest BCUT2D eigenvalue weighted by Crippen LogP contribution is 2.40. The zero-order chi connectivity index (χ0) is 40.2. The highest BCUT2D eigenvalue weighted by molar-refractivity contribution is 6.04. The van der Waals surface area contributed by atoms with E-state index < -0.39 is 0 Å². The molecule has 17 nitrogen and oxygen atoms in total. The Morgan fingerprint density at radius 1 is 0.724 bits per heavy atom. The van der Waals surface area contributed by atoms with Crippen molar-refractivity contribution in [1.29, 1.82) is 0 Å². The van der Waals surface area contributed by atoms with Crippen molar-refractivity contribution in [3.8, 4) is 22.8 Å². The number of nitrogens with one attached hydrogen (secondary N) is 2. The lowest BCUT2D eigenvalue weighted by Gasteiger charge is -2.35. The lowest BCUT2D eigenvalue weighted by Crippen LogP contribution is -2.48. The Hall–Kier alpha value is -7.17. The molecule has 4 bridgehead atoms. The van der Waals surface area contributed by atoms with Crippen LogP contribution in [-0.2, 0) is 0 Å². The van der Waals surface area contributed by atoms with Crippen molar-refractivity contribution >= 4 is 52.3 Å². The van der Waals surface area contributed by atoms with Gasteiger partial charge in [-0.3, -0.25) is 10.2 Å². The highest BCUT2D eigenvalue weighted by Gasteiger charge is 2.41. The summed E-state index contributed by atoms with van der Waals surface area (Å²) in [5.41, 5.74) is 9.09. The molecule has 296 valence electrons. The molecule has 0 aromatic carbocycles. The maximum atomic E-state index is 13.2. The molecule has 10 heterocycles. The summed E-state index contributed by atoms with van der Waals surface area (Å²) in [7, 11) is 7.84. The van der Waals surface area contributed by atoms with Crippen LogP contribution in [-0.4, -0.2) is 112 Å². The summed E-state index contributed by atoms with van der Waals surface area (Å²) in [4.78, 5) is 58.8. The standard InChI is InChI=1S/C21H22N8O.C15H18N6.C5H6N2/c1-27(2)18-11-14(6-9-23-18)19-24-12-16-20(26-19)29(15-7-10-28(16)13-15)21(30)25-17-5-3-4-8-22-17;1-20(2)13-7-10(3-5-16-13)14-17-8-12-15(19-14)18-11-4-6-21(12)9-11;6-5-3-1-2-4-7-5/h3-6,8-9,11-12,15H,7,10,13H2,1-2H3,(H,22,25,30);3,5,7-8,11H,4,6,9H2,1-2H3,(H,17,18,19);1-4H,(H2,6,7)/t15-;11-;/m00./s1. The van der Waals surface area contributed by atoms with Crippen LogP contribution in [0.15, 0.2) is 97.8 Å². The number of hydrogen-bond donors (Lipinski definition) is 3. The lowest BCUT2D eigenvalue weighted by atomic mass is 10.2. The van der Waals surface area contributed by atoms with Gasteiger partial charge in [-0.05, 0) is 61.4 Å². The van der Waals surface area contributed by atoms with Crippen LogP contribution in [0.25, 0.3) is 22.8 Å². The monoisotopic (exact) mass is 778 g/mol. The number of carbonyl (C=O) groups is 1. The predicted octanol–water partition coefficient (Wildman–Crippen LogP) is 4.90. The number of nitrogens with two attached hydrogens (primary N) is 1.